The number of ether oxygens (including phenoxy) is 2. The number of hydrogen-bond acceptors (Lipinski definition) is 2. The standard InChI is InChI=1S/C26H31NO2/c1-20(23-15-16-25(28-3)26(19-23)29-4)27(2)18-17-24(21-11-7-5-8-12-21)22-13-9-6-10-14-22/h5-16,19-20,24H,17-18H2,1-4H3/p+1/t20-/m0/s1. The number of benzene rings is 3. The minimum Gasteiger partial charge on any atom is -0.493 e. The predicted molar refractivity (Wildman–Crippen MR) is 119 cm³/mol. The lowest BCUT2D eigenvalue weighted by molar-refractivity contribution is -0.910. The first-order valence-corrected chi connectivity index (χ1v) is 10.3. The van der Waals surface area contributed by atoms with Gasteiger partial charge in [0.2, 0.25) is 0 Å². The molecular weight excluding hydrogens is 358 g/mol. The van der Waals surface area contributed by atoms with E-state index in [1.165, 1.54) is 21.6 Å². The molecule has 0 aromatic heterocycles. The maximum absolute atomic E-state index is 5.49. The SMILES string of the molecule is COc1ccc([C@H](C)[NH+](C)CCC(c2ccccc2)c2ccccc2)cc1OC. The molecule has 0 radical (unpaired) electrons. The molecule has 1 N–H and O–H groups in total. The Morgan fingerprint density at radius 3 is 1.79 bits per heavy atom. The number of rotatable bonds is 9. The molecule has 0 spiro atoms. The predicted octanol–water partition coefficient (Wildman–Crippen LogP) is 4.50. The van der Waals surface area contributed by atoms with Crippen molar-refractivity contribution in [3.05, 3.63) is 95.6 Å². The minimum absolute atomic E-state index is 0.363. The van der Waals surface area contributed by atoms with Crippen LogP contribution in [-0.2, 0) is 0 Å². The summed E-state index contributed by atoms with van der Waals surface area (Å²) in [5, 5.41) is 0. The Morgan fingerprint density at radius 1 is 0.724 bits per heavy atom. The third kappa shape index (κ3) is 5.18. The molecule has 0 aliphatic carbocycles. The molecule has 3 rings (SSSR count). The summed E-state index contributed by atoms with van der Waals surface area (Å²) in [5.74, 6) is 1.97. The molecule has 3 aromatic rings. The van der Waals surface area contributed by atoms with Gasteiger partial charge in [-0.25, -0.2) is 0 Å². The molecule has 1 unspecified atom stereocenters. The highest BCUT2D eigenvalue weighted by atomic mass is 16.5. The molecular formula is C26H32NO2+. The second kappa shape index (κ2) is 10.1. The van der Waals surface area contributed by atoms with Crippen LogP contribution < -0.4 is 14.4 Å². The highest BCUT2D eigenvalue weighted by molar-refractivity contribution is 5.43. The second-order valence-electron chi connectivity index (χ2n) is 7.60. The van der Waals surface area contributed by atoms with Gasteiger partial charge in [-0.2, -0.15) is 0 Å². The van der Waals surface area contributed by atoms with Crippen LogP contribution in [0.1, 0.15) is 42.0 Å². The highest BCUT2D eigenvalue weighted by Gasteiger charge is 2.21. The zero-order chi connectivity index (χ0) is 20.6. The number of methoxy groups -OCH3 is 2. The monoisotopic (exact) mass is 390 g/mol. The Hall–Kier alpha value is -2.78. The molecule has 3 nitrogen and oxygen atoms in total. The molecule has 3 heteroatoms. The van der Waals surface area contributed by atoms with E-state index in [2.05, 4.69) is 86.8 Å². The van der Waals surface area contributed by atoms with Crippen molar-refractivity contribution in [1.29, 1.82) is 0 Å². The van der Waals surface area contributed by atoms with E-state index in [9.17, 15) is 0 Å². The van der Waals surface area contributed by atoms with E-state index >= 15 is 0 Å². The summed E-state index contributed by atoms with van der Waals surface area (Å²) in [7, 11) is 5.63. The quantitative estimate of drug-likeness (QED) is 0.581. The van der Waals surface area contributed by atoms with E-state index in [1.54, 1.807) is 14.2 Å². The lowest BCUT2D eigenvalue weighted by Crippen LogP contribution is -3.09. The Balaban J connectivity index is 1.74. The van der Waals surface area contributed by atoms with Crippen LogP contribution in [0.3, 0.4) is 0 Å². The van der Waals surface area contributed by atoms with Crippen molar-refractivity contribution in [1.82, 2.24) is 0 Å². The van der Waals surface area contributed by atoms with Crippen molar-refractivity contribution in [2.45, 2.75) is 25.3 Å². The van der Waals surface area contributed by atoms with Gasteiger partial charge < -0.3 is 14.4 Å². The lowest BCUT2D eigenvalue weighted by atomic mass is 9.88. The zero-order valence-electron chi connectivity index (χ0n) is 17.9. The van der Waals surface area contributed by atoms with Gasteiger partial charge in [0.15, 0.2) is 11.5 Å². The van der Waals surface area contributed by atoms with E-state index in [0.29, 0.717) is 12.0 Å². The molecule has 0 amide bonds. The molecule has 0 saturated carbocycles. The van der Waals surface area contributed by atoms with Crippen molar-refractivity contribution in [3.63, 3.8) is 0 Å². The Kier molecular flexibility index (Phi) is 7.31. The summed E-state index contributed by atoms with van der Waals surface area (Å²) in [6.07, 6.45) is 1.09. The summed E-state index contributed by atoms with van der Waals surface area (Å²) in [4.78, 5) is 1.48. The van der Waals surface area contributed by atoms with E-state index in [1.807, 2.05) is 6.07 Å². The molecule has 0 heterocycles. The van der Waals surface area contributed by atoms with Crippen molar-refractivity contribution < 1.29 is 14.4 Å². The van der Waals surface area contributed by atoms with Gasteiger partial charge in [-0.15, -0.1) is 0 Å². The fourth-order valence-electron chi connectivity index (χ4n) is 3.89. The summed E-state index contributed by atoms with van der Waals surface area (Å²) in [5.41, 5.74) is 4.02. The largest absolute Gasteiger partial charge is 0.493 e. The minimum atomic E-state index is 0.363. The Morgan fingerprint density at radius 2 is 1.28 bits per heavy atom. The van der Waals surface area contributed by atoms with Gasteiger partial charge in [0.1, 0.15) is 6.04 Å². The molecule has 0 aliphatic rings. The van der Waals surface area contributed by atoms with Crippen LogP contribution in [-0.4, -0.2) is 27.8 Å². The van der Waals surface area contributed by atoms with E-state index in [-0.39, 0.29) is 0 Å². The van der Waals surface area contributed by atoms with Gasteiger partial charge in [0.05, 0.1) is 27.8 Å². The van der Waals surface area contributed by atoms with Crippen LogP contribution in [0.15, 0.2) is 78.9 Å². The highest BCUT2D eigenvalue weighted by Crippen LogP contribution is 2.30. The Labute approximate surface area is 174 Å². The molecule has 2 atom stereocenters. The third-order valence-electron chi connectivity index (χ3n) is 5.88. The van der Waals surface area contributed by atoms with Gasteiger partial charge in [-0.05, 0) is 36.2 Å². The maximum atomic E-state index is 5.49. The number of hydrogen-bond donors (Lipinski definition) is 1. The van der Waals surface area contributed by atoms with Gasteiger partial charge >= 0.3 is 0 Å². The molecule has 0 aliphatic heterocycles. The normalized spacial score (nSPS) is 13.1. The van der Waals surface area contributed by atoms with E-state index in [0.717, 1.165) is 24.5 Å². The topological polar surface area (TPSA) is 22.9 Å². The van der Waals surface area contributed by atoms with Crippen molar-refractivity contribution in [2.75, 3.05) is 27.8 Å². The average Bonchev–Trinajstić information content (AvgIpc) is 2.79. The number of nitrogens with one attached hydrogen (secondary N) is 1. The van der Waals surface area contributed by atoms with Crippen molar-refractivity contribution in [3.8, 4) is 11.5 Å². The van der Waals surface area contributed by atoms with Gasteiger partial charge in [0.25, 0.3) is 0 Å². The van der Waals surface area contributed by atoms with Crippen LogP contribution in [0.25, 0.3) is 0 Å². The smallest absolute Gasteiger partial charge is 0.161 e. The molecule has 29 heavy (non-hydrogen) atoms. The first-order chi connectivity index (χ1) is 14.1. The third-order valence-corrected chi connectivity index (χ3v) is 5.88. The van der Waals surface area contributed by atoms with Crippen LogP contribution >= 0.6 is 0 Å². The van der Waals surface area contributed by atoms with Crippen LogP contribution in [0.4, 0.5) is 0 Å². The number of quaternary nitrogens is 1. The summed E-state index contributed by atoms with van der Waals surface area (Å²) >= 11 is 0. The second-order valence-corrected chi connectivity index (χ2v) is 7.60. The lowest BCUT2D eigenvalue weighted by Gasteiger charge is -2.25. The van der Waals surface area contributed by atoms with Crippen molar-refractivity contribution in [2.24, 2.45) is 0 Å². The molecule has 152 valence electrons. The first-order valence-electron chi connectivity index (χ1n) is 10.3. The fourth-order valence-corrected chi connectivity index (χ4v) is 3.89. The van der Waals surface area contributed by atoms with E-state index in [4.69, 9.17) is 9.47 Å². The molecule has 3 aromatic carbocycles. The van der Waals surface area contributed by atoms with Gasteiger partial charge in [0, 0.05) is 17.9 Å². The van der Waals surface area contributed by atoms with E-state index < -0.39 is 0 Å². The summed E-state index contributed by atoms with van der Waals surface area (Å²) in [6, 6.07) is 28.3. The summed E-state index contributed by atoms with van der Waals surface area (Å²) in [6.45, 7) is 3.35. The van der Waals surface area contributed by atoms with Gasteiger partial charge in [-0.3, -0.25) is 0 Å². The van der Waals surface area contributed by atoms with Crippen molar-refractivity contribution >= 4 is 0 Å². The first kappa shape index (κ1) is 20.9. The van der Waals surface area contributed by atoms with Gasteiger partial charge in [-0.1, -0.05) is 60.7 Å². The van der Waals surface area contributed by atoms with Crippen LogP contribution in [0.2, 0.25) is 0 Å². The molecule has 0 bridgehead atoms. The molecule has 0 saturated heterocycles. The zero-order valence-corrected chi connectivity index (χ0v) is 17.9. The van der Waals surface area contributed by atoms with Crippen LogP contribution in [0.5, 0.6) is 11.5 Å². The fraction of sp³-hybridized carbons (Fsp3) is 0.308. The van der Waals surface area contributed by atoms with Crippen LogP contribution in [0, 0.1) is 0 Å². The summed E-state index contributed by atoms with van der Waals surface area (Å²) < 4.78 is 10.9. The molecule has 0 fully saturated rings. The maximum Gasteiger partial charge on any atom is 0.161 e. The average molecular weight is 391 g/mol. The Bertz CT molecular complexity index is 840.